The Morgan fingerprint density at radius 3 is 2.76 bits per heavy atom. The standard InChI is InChI=1S/C20H23BrClNO2/c21-18-5-8-20(25-14-15-3-6-19(22)7-4-15)17(10-18)12-23-9-1-2-16(11-23)13-24/h3-8,10,16,24H,1-2,9,11-14H2. The number of likely N-dealkylation sites (tertiary alicyclic amines) is 1. The van der Waals surface area contributed by atoms with Crippen LogP contribution in [0.25, 0.3) is 0 Å². The Labute approximate surface area is 162 Å². The topological polar surface area (TPSA) is 32.7 Å². The van der Waals surface area contributed by atoms with Crippen LogP contribution in [-0.4, -0.2) is 29.7 Å². The number of nitrogens with zero attached hydrogens (tertiary/aromatic N) is 1. The predicted molar refractivity (Wildman–Crippen MR) is 105 cm³/mol. The minimum absolute atomic E-state index is 0.273. The van der Waals surface area contributed by atoms with E-state index in [0.29, 0.717) is 12.5 Å². The van der Waals surface area contributed by atoms with Crippen LogP contribution >= 0.6 is 27.5 Å². The fourth-order valence-electron chi connectivity index (χ4n) is 3.24. The highest BCUT2D eigenvalue weighted by Gasteiger charge is 2.20. The van der Waals surface area contributed by atoms with Gasteiger partial charge in [-0.3, -0.25) is 4.90 Å². The van der Waals surface area contributed by atoms with Crippen molar-refractivity contribution in [3.63, 3.8) is 0 Å². The van der Waals surface area contributed by atoms with E-state index in [1.54, 1.807) is 0 Å². The van der Waals surface area contributed by atoms with Gasteiger partial charge in [0.25, 0.3) is 0 Å². The maximum absolute atomic E-state index is 9.44. The third kappa shape index (κ3) is 5.45. The van der Waals surface area contributed by atoms with Crippen LogP contribution in [0.3, 0.4) is 0 Å². The average molecular weight is 425 g/mol. The average Bonchev–Trinajstić information content (AvgIpc) is 2.62. The van der Waals surface area contributed by atoms with Gasteiger partial charge in [-0.25, -0.2) is 0 Å². The summed E-state index contributed by atoms with van der Waals surface area (Å²) in [5.41, 5.74) is 2.26. The zero-order valence-electron chi connectivity index (χ0n) is 14.1. The Morgan fingerprint density at radius 2 is 2.00 bits per heavy atom. The first-order chi connectivity index (χ1) is 12.1. The van der Waals surface area contributed by atoms with Gasteiger partial charge in [-0.05, 0) is 61.2 Å². The molecule has 2 aromatic rings. The van der Waals surface area contributed by atoms with Crippen LogP contribution in [0.4, 0.5) is 0 Å². The van der Waals surface area contributed by atoms with Crippen LogP contribution in [0.15, 0.2) is 46.9 Å². The molecule has 1 aliphatic heterocycles. The van der Waals surface area contributed by atoms with Crippen molar-refractivity contribution in [1.29, 1.82) is 0 Å². The molecule has 1 atom stereocenters. The number of benzene rings is 2. The number of ether oxygens (including phenoxy) is 1. The van der Waals surface area contributed by atoms with Gasteiger partial charge in [0, 0.05) is 34.8 Å². The van der Waals surface area contributed by atoms with Crippen molar-refractivity contribution in [1.82, 2.24) is 4.90 Å². The molecule has 1 saturated heterocycles. The van der Waals surface area contributed by atoms with Crippen LogP contribution in [0.1, 0.15) is 24.0 Å². The molecule has 3 rings (SSSR count). The highest BCUT2D eigenvalue weighted by molar-refractivity contribution is 9.10. The summed E-state index contributed by atoms with van der Waals surface area (Å²) in [4.78, 5) is 2.40. The lowest BCUT2D eigenvalue weighted by Gasteiger charge is -2.32. The molecule has 0 amide bonds. The summed E-state index contributed by atoms with van der Waals surface area (Å²) in [5, 5.41) is 10.2. The summed E-state index contributed by atoms with van der Waals surface area (Å²) < 4.78 is 7.13. The number of hydrogen-bond acceptors (Lipinski definition) is 3. The molecular formula is C20H23BrClNO2. The minimum atomic E-state index is 0.273. The number of aliphatic hydroxyl groups is 1. The van der Waals surface area contributed by atoms with E-state index < -0.39 is 0 Å². The van der Waals surface area contributed by atoms with Crippen molar-refractivity contribution in [2.45, 2.75) is 26.0 Å². The van der Waals surface area contributed by atoms with Gasteiger partial charge in [0.2, 0.25) is 0 Å². The molecule has 0 aromatic heterocycles. The van der Waals surface area contributed by atoms with Crippen molar-refractivity contribution in [2.75, 3.05) is 19.7 Å². The Hall–Kier alpha value is -1.07. The number of aliphatic hydroxyl groups excluding tert-OH is 1. The van der Waals surface area contributed by atoms with Crippen molar-refractivity contribution < 1.29 is 9.84 Å². The summed E-state index contributed by atoms with van der Waals surface area (Å²) in [7, 11) is 0. The lowest BCUT2D eigenvalue weighted by atomic mass is 9.98. The van der Waals surface area contributed by atoms with E-state index in [4.69, 9.17) is 16.3 Å². The third-order valence-corrected chi connectivity index (χ3v) is 5.33. The molecule has 0 radical (unpaired) electrons. The van der Waals surface area contributed by atoms with Crippen LogP contribution in [0.5, 0.6) is 5.75 Å². The Kier molecular flexibility index (Phi) is 6.77. The molecule has 1 unspecified atom stereocenters. The molecule has 0 spiro atoms. The highest BCUT2D eigenvalue weighted by Crippen LogP contribution is 2.27. The van der Waals surface area contributed by atoms with E-state index in [2.05, 4.69) is 26.9 Å². The first kappa shape index (κ1) is 18.7. The van der Waals surface area contributed by atoms with Crippen LogP contribution in [0.2, 0.25) is 5.02 Å². The van der Waals surface area contributed by atoms with E-state index in [1.807, 2.05) is 36.4 Å². The van der Waals surface area contributed by atoms with Gasteiger partial charge in [0.1, 0.15) is 12.4 Å². The molecule has 5 heteroatoms. The summed E-state index contributed by atoms with van der Waals surface area (Å²) in [6.45, 7) is 3.64. The summed E-state index contributed by atoms with van der Waals surface area (Å²) in [6.07, 6.45) is 2.26. The molecule has 1 N–H and O–H groups in total. The van der Waals surface area contributed by atoms with E-state index in [-0.39, 0.29) is 6.61 Å². The zero-order valence-corrected chi connectivity index (χ0v) is 16.5. The lowest BCUT2D eigenvalue weighted by Crippen LogP contribution is -2.36. The van der Waals surface area contributed by atoms with Crippen molar-refractivity contribution in [3.8, 4) is 5.75 Å². The maximum atomic E-state index is 9.44. The fourth-order valence-corrected chi connectivity index (χ4v) is 3.77. The van der Waals surface area contributed by atoms with Gasteiger partial charge in [0.05, 0.1) is 0 Å². The molecule has 3 nitrogen and oxygen atoms in total. The molecule has 0 bridgehead atoms. The second-order valence-corrected chi connectivity index (χ2v) is 7.95. The van der Waals surface area contributed by atoms with Crippen LogP contribution in [-0.2, 0) is 13.2 Å². The molecule has 2 aromatic carbocycles. The summed E-state index contributed by atoms with van der Waals surface area (Å²) >= 11 is 9.50. The predicted octanol–water partition coefficient (Wildman–Crippen LogP) is 4.89. The molecule has 1 heterocycles. The van der Waals surface area contributed by atoms with Gasteiger partial charge in [0.15, 0.2) is 0 Å². The highest BCUT2D eigenvalue weighted by atomic mass is 79.9. The molecule has 134 valence electrons. The third-order valence-electron chi connectivity index (χ3n) is 4.59. The smallest absolute Gasteiger partial charge is 0.124 e. The largest absolute Gasteiger partial charge is 0.489 e. The molecule has 0 aliphatic carbocycles. The minimum Gasteiger partial charge on any atom is -0.489 e. The number of hydrogen-bond donors (Lipinski definition) is 1. The zero-order chi connectivity index (χ0) is 17.6. The summed E-state index contributed by atoms with van der Waals surface area (Å²) in [6, 6.07) is 13.9. The number of rotatable bonds is 6. The summed E-state index contributed by atoms with van der Waals surface area (Å²) in [5.74, 6) is 1.30. The second kappa shape index (κ2) is 9.04. The Morgan fingerprint density at radius 1 is 1.20 bits per heavy atom. The van der Waals surface area contributed by atoms with E-state index in [9.17, 15) is 5.11 Å². The van der Waals surface area contributed by atoms with E-state index >= 15 is 0 Å². The normalized spacial score (nSPS) is 18.3. The van der Waals surface area contributed by atoms with Crippen molar-refractivity contribution >= 4 is 27.5 Å². The van der Waals surface area contributed by atoms with Gasteiger partial charge in [-0.15, -0.1) is 0 Å². The van der Waals surface area contributed by atoms with Gasteiger partial charge in [-0.2, -0.15) is 0 Å². The fraction of sp³-hybridized carbons (Fsp3) is 0.400. The maximum Gasteiger partial charge on any atom is 0.124 e. The molecular weight excluding hydrogens is 402 g/mol. The monoisotopic (exact) mass is 423 g/mol. The first-order valence-electron chi connectivity index (χ1n) is 8.63. The number of halogens is 2. The van der Waals surface area contributed by atoms with Crippen LogP contribution in [0, 0.1) is 5.92 Å². The second-order valence-electron chi connectivity index (χ2n) is 6.59. The molecule has 1 aliphatic rings. The van der Waals surface area contributed by atoms with Gasteiger partial charge in [-0.1, -0.05) is 39.7 Å². The molecule has 1 fully saturated rings. The van der Waals surface area contributed by atoms with E-state index in [0.717, 1.165) is 53.3 Å². The Balaban J connectivity index is 1.68. The van der Waals surface area contributed by atoms with Gasteiger partial charge < -0.3 is 9.84 Å². The Bertz CT molecular complexity index is 693. The molecule has 25 heavy (non-hydrogen) atoms. The van der Waals surface area contributed by atoms with Crippen molar-refractivity contribution in [3.05, 3.63) is 63.1 Å². The van der Waals surface area contributed by atoms with Crippen LogP contribution < -0.4 is 4.74 Å². The SMILES string of the molecule is OCC1CCCN(Cc2cc(Br)ccc2OCc2ccc(Cl)cc2)C1. The quantitative estimate of drug-likeness (QED) is 0.717. The first-order valence-corrected chi connectivity index (χ1v) is 9.80. The molecule has 0 saturated carbocycles. The number of piperidine rings is 1. The van der Waals surface area contributed by atoms with Gasteiger partial charge >= 0.3 is 0 Å². The van der Waals surface area contributed by atoms with E-state index in [1.165, 1.54) is 5.56 Å². The lowest BCUT2D eigenvalue weighted by molar-refractivity contribution is 0.115. The van der Waals surface area contributed by atoms with Crippen molar-refractivity contribution in [2.24, 2.45) is 5.92 Å².